The van der Waals surface area contributed by atoms with Crippen LogP contribution in [0.1, 0.15) is 11.1 Å². The Morgan fingerprint density at radius 1 is 1.14 bits per heavy atom. The number of hydrogen-bond donors (Lipinski definition) is 1. The van der Waals surface area contributed by atoms with Crippen LogP contribution in [0.2, 0.25) is 5.02 Å². The van der Waals surface area contributed by atoms with Gasteiger partial charge >= 0.3 is 12.3 Å². The number of aromatic nitrogens is 2. The maximum atomic E-state index is 12.9. The number of ether oxygens (including phenoxy) is 1. The minimum Gasteiger partial charge on any atom is -0.444 e. The molecule has 0 unspecified atom stereocenters. The molecule has 0 fully saturated rings. The van der Waals surface area contributed by atoms with Crippen LogP contribution in [0.15, 0.2) is 61.1 Å². The Kier molecular flexibility index (Phi) is 5.79. The number of rotatable bonds is 4. The van der Waals surface area contributed by atoms with Gasteiger partial charge in [-0.2, -0.15) is 13.2 Å². The van der Waals surface area contributed by atoms with Crippen molar-refractivity contribution in [2.75, 3.05) is 5.32 Å². The summed E-state index contributed by atoms with van der Waals surface area (Å²) in [6.45, 7) is -0.0698. The third-order valence-corrected chi connectivity index (χ3v) is 4.00. The zero-order chi connectivity index (χ0) is 20.1. The van der Waals surface area contributed by atoms with Gasteiger partial charge in [-0.25, -0.2) is 4.79 Å². The summed E-state index contributed by atoms with van der Waals surface area (Å²) >= 11 is 5.55. The van der Waals surface area contributed by atoms with E-state index in [-0.39, 0.29) is 12.3 Å². The van der Waals surface area contributed by atoms with Crippen molar-refractivity contribution in [2.45, 2.75) is 12.8 Å². The van der Waals surface area contributed by atoms with Crippen molar-refractivity contribution in [3.05, 3.63) is 77.2 Å². The van der Waals surface area contributed by atoms with Crippen molar-refractivity contribution >= 4 is 23.4 Å². The second-order valence-electron chi connectivity index (χ2n) is 5.68. The molecule has 0 saturated heterocycles. The van der Waals surface area contributed by atoms with Crippen LogP contribution in [-0.4, -0.2) is 16.1 Å². The van der Waals surface area contributed by atoms with Gasteiger partial charge in [-0.15, -0.1) is 0 Å². The molecule has 1 N–H and O–H groups in total. The van der Waals surface area contributed by atoms with E-state index >= 15 is 0 Å². The van der Waals surface area contributed by atoms with Crippen LogP contribution in [0.3, 0.4) is 0 Å². The van der Waals surface area contributed by atoms with Crippen LogP contribution >= 0.6 is 11.6 Å². The van der Waals surface area contributed by atoms with Crippen molar-refractivity contribution in [3.63, 3.8) is 0 Å². The molecule has 3 rings (SSSR count). The normalized spacial score (nSPS) is 11.1. The summed E-state index contributed by atoms with van der Waals surface area (Å²) in [5.74, 6) is 0. The molecule has 1 aromatic heterocycles. The zero-order valence-electron chi connectivity index (χ0n) is 14.2. The summed E-state index contributed by atoms with van der Waals surface area (Å²) in [5, 5.41) is 1.80. The molecule has 144 valence electrons. The van der Waals surface area contributed by atoms with Gasteiger partial charge in [0.15, 0.2) is 0 Å². The van der Waals surface area contributed by atoms with Gasteiger partial charge < -0.3 is 4.74 Å². The van der Waals surface area contributed by atoms with Gasteiger partial charge in [0.1, 0.15) is 6.61 Å². The average Bonchev–Trinajstić information content (AvgIpc) is 2.68. The van der Waals surface area contributed by atoms with Gasteiger partial charge in [-0.05, 0) is 29.8 Å². The van der Waals surface area contributed by atoms with Gasteiger partial charge in [-0.1, -0.05) is 29.8 Å². The van der Waals surface area contributed by atoms with Crippen LogP contribution in [0, 0.1) is 0 Å². The molecule has 0 spiro atoms. The van der Waals surface area contributed by atoms with Crippen molar-refractivity contribution in [3.8, 4) is 11.3 Å². The van der Waals surface area contributed by atoms with Crippen LogP contribution in [0.25, 0.3) is 11.3 Å². The van der Waals surface area contributed by atoms with Crippen molar-refractivity contribution in [2.24, 2.45) is 0 Å². The minimum absolute atomic E-state index is 0.0698. The largest absolute Gasteiger partial charge is 0.444 e. The van der Waals surface area contributed by atoms with Gasteiger partial charge in [0.05, 0.1) is 22.5 Å². The number of alkyl halides is 3. The van der Waals surface area contributed by atoms with Gasteiger partial charge in [0.25, 0.3) is 0 Å². The summed E-state index contributed by atoms with van der Waals surface area (Å²) in [6, 6.07) is 10.2. The predicted molar refractivity (Wildman–Crippen MR) is 97.7 cm³/mol. The van der Waals surface area contributed by atoms with E-state index in [0.717, 1.165) is 17.7 Å². The Morgan fingerprint density at radius 3 is 2.68 bits per heavy atom. The quantitative estimate of drug-likeness (QED) is 0.614. The Balaban J connectivity index is 1.64. The van der Waals surface area contributed by atoms with E-state index in [1.165, 1.54) is 6.07 Å². The van der Waals surface area contributed by atoms with E-state index < -0.39 is 22.9 Å². The lowest BCUT2D eigenvalue weighted by atomic mass is 10.1. The summed E-state index contributed by atoms with van der Waals surface area (Å²) in [5.41, 5.74) is 1.03. The summed E-state index contributed by atoms with van der Waals surface area (Å²) in [6.07, 6.45) is -0.791. The lowest BCUT2D eigenvalue weighted by Crippen LogP contribution is -2.14. The van der Waals surface area contributed by atoms with Crippen molar-refractivity contribution < 1.29 is 22.7 Å². The molecule has 0 aliphatic carbocycles. The number of halogens is 4. The molecule has 28 heavy (non-hydrogen) atoms. The molecule has 1 amide bonds. The summed E-state index contributed by atoms with van der Waals surface area (Å²) in [7, 11) is 0. The summed E-state index contributed by atoms with van der Waals surface area (Å²) < 4.78 is 43.7. The average molecular weight is 408 g/mol. The van der Waals surface area contributed by atoms with E-state index in [0.29, 0.717) is 11.3 Å². The molecule has 0 aliphatic rings. The Hall–Kier alpha value is -3.13. The predicted octanol–water partition coefficient (Wildman–Crippen LogP) is 5.56. The highest BCUT2D eigenvalue weighted by Gasteiger charge is 2.33. The van der Waals surface area contributed by atoms with Crippen LogP contribution in [0.4, 0.5) is 23.7 Å². The SMILES string of the molecule is O=C(Nc1ccc(Cl)c(C(F)(F)F)c1)OCc1cccc(-c2cnccn2)c1. The molecule has 3 aromatic rings. The minimum atomic E-state index is -4.63. The van der Waals surface area contributed by atoms with E-state index in [1.54, 1.807) is 36.8 Å². The number of benzene rings is 2. The molecule has 5 nitrogen and oxygen atoms in total. The summed E-state index contributed by atoms with van der Waals surface area (Å²) in [4.78, 5) is 20.1. The number of hydrogen-bond acceptors (Lipinski definition) is 4. The fourth-order valence-electron chi connectivity index (χ4n) is 2.39. The highest BCUT2D eigenvalue weighted by molar-refractivity contribution is 6.31. The molecular formula is C19H13ClF3N3O2. The Labute approximate surface area is 163 Å². The standard InChI is InChI=1S/C19H13ClF3N3O2/c20-16-5-4-14(9-15(16)19(21,22)23)26-18(27)28-11-12-2-1-3-13(8-12)17-10-24-6-7-25-17/h1-10H,11H2,(H,26,27). The molecule has 0 bridgehead atoms. The Morgan fingerprint density at radius 2 is 1.96 bits per heavy atom. The number of nitrogens with one attached hydrogen (secondary N) is 1. The number of carbonyl (C=O) groups is 1. The van der Waals surface area contributed by atoms with Crippen LogP contribution in [-0.2, 0) is 17.5 Å². The lowest BCUT2D eigenvalue weighted by Gasteiger charge is -2.12. The van der Waals surface area contributed by atoms with E-state index in [2.05, 4.69) is 15.3 Å². The highest BCUT2D eigenvalue weighted by Crippen LogP contribution is 2.36. The molecule has 0 atom stereocenters. The first-order valence-corrected chi connectivity index (χ1v) is 8.36. The first-order valence-electron chi connectivity index (χ1n) is 7.99. The van der Waals surface area contributed by atoms with Crippen LogP contribution in [0.5, 0.6) is 0 Å². The molecule has 0 saturated carbocycles. The fourth-order valence-corrected chi connectivity index (χ4v) is 2.62. The smallest absolute Gasteiger partial charge is 0.417 e. The fraction of sp³-hybridized carbons (Fsp3) is 0.105. The second kappa shape index (κ2) is 8.26. The number of carbonyl (C=O) groups excluding carboxylic acids is 1. The van der Waals surface area contributed by atoms with Gasteiger partial charge in [0.2, 0.25) is 0 Å². The first-order chi connectivity index (χ1) is 13.3. The molecule has 9 heteroatoms. The number of anilines is 1. The first kappa shape index (κ1) is 19.6. The van der Waals surface area contributed by atoms with Gasteiger partial charge in [0, 0.05) is 23.6 Å². The monoisotopic (exact) mass is 407 g/mol. The molecule has 2 aromatic carbocycles. The molecular weight excluding hydrogens is 395 g/mol. The maximum Gasteiger partial charge on any atom is 0.417 e. The lowest BCUT2D eigenvalue weighted by molar-refractivity contribution is -0.137. The molecule has 0 radical (unpaired) electrons. The third-order valence-electron chi connectivity index (χ3n) is 3.67. The van der Waals surface area contributed by atoms with Gasteiger partial charge in [-0.3, -0.25) is 15.3 Å². The zero-order valence-corrected chi connectivity index (χ0v) is 15.0. The van der Waals surface area contributed by atoms with Crippen molar-refractivity contribution in [1.82, 2.24) is 9.97 Å². The molecule has 0 aliphatic heterocycles. The number of nitrogens with zero attached hydrogens (tertiary/aromatic N) is 2. The Bertz CT molecular complexity index is 982. The third kappa shape index (κ3) is 4.98. The van der Waals surface area contributed by atoms with Crippen molar-refractivity contribution in [1.29, 1.82) is 0 Å². The second-order valence-corrected chi connectivity index (χ2v) is 6.09. The maximum absolute atomic E-state index is 12.9. The van der Waals surface area contributed by atoms with Crippen LogP contribution < -0.4 is 5.32 Å². The highest BCUT2D eigenvalue weighted by atomic mass is 35.5. The topological polar surface area (TPSA) is 64.1 Å². The van der Waals surface area contributed by atoms with E-state index in [1.807, 2.05) is 6.07 Å². The van der Waals surface area contributed by atoms with E-state index in [4.69, 9.17) is 16.3 Å². The molecule has 1 heterocycles. The van der Waals surface area contributed by atoms with E-state index in [9.17, 15) is 18.0 Å². The number of amides is 1.